The molecule has 0 radical (unpaired) electrons. The number of hydrogen-bond acceptors (Lipinski definition) is 4. The Balaban J connectivity index is 2.06. The highest BCUT2D eigenvalue weighted by Crippen LogP contribution is 2.40. The highest BCUT2D eigenvalue weighted by atomic mass is 16.5. The lowest BCUT2D eigenvalue weighted by atomic mass is 9.71. The summed E-state index contributed by atoms with van der Waals surface area (Å²) >= 11 is 0. The zero-order valence-corrected chi connectivity index (χ0v) is 9.34. The Morgan fingerprint density at radius 2 is 2.13 bits per heavy atom. The van der Waals surface area contributed by atoms with Crippen molar-refractivity contribution in [2.24, 2.45) is 11.3 Å². The van der Waals surface area contributed by atoms with Crippen LogP contribution in [0.3, 0.4) is 0 Å². The van der Waals surface area contributed by atoms with Gasteiger partial charge < -0.3 is 15.4 Å². The summed E-state index contributed by atoms with van der Waals surface area (Å²) in [5, 5.41) is 6.69. The summed E-state index contributed by atoms with van der Waals surface area (Å²) in [7, 11) is 0. The van der Waals surface area contributed by atoms with Crippen molar-refractivity contribution in [1.82, 2.24) is 10.6 Å². The second-order valence-electron chi connectivity index (χ2n) is 4.55. The maximum absolute atomic E-state index is 11.8. The van der Waals surface area contributed by atoms with Crippen molar-refractivity contribution in [3.05, 3.63) is 0 Å². The molecule has 2 aliphatic heterocycles. The van der Waals surface area contributed by atoms with Gasteiger partial charge in [0.1, 0.15) is 0 Å². The zero-order valence-electron chi connectivity index (χ0n) is 9.34. The molecule has 1 atom stereocenters. The normalized spacial score (nSPS) is 29.3. The van der Waals surface area contributed by atoms with E-state index in [9.17, 15) is 4.79 Å². The van der Waals surface area contributed by atoms with E-state index in [4.69, 9.17) is 4.74 Å². The van der Waals surface area contributed by atoms with E-state index in [1.54, 1.807) is 0 Å². The molecule has 2 N–H and O–H groups in total. The van der Waals surface area contributed by atoms with Crippen LogP contribution in [0, 0.1) is 11.3 Å². The van der Waals surface area contributed by atoms with Crippen LogP contribution in [-0.2, 0) is 9.53 Å². The van der Waals surface area contributed by atoms with Crippen LogP contribution in [0.25, 0.3) is 0 Å². The Labute approximate surface area is 90.8 Å². The van der Waals surface area contributed by atoms with Gasteiger partial charge in [0.2, 0.25) is 0 Å². The van der Waals surface area contributed by atoms with Gasteiger partial charge in [0, 0.05) is 13.1 Å². The van der Waals surface area contributed by atoms with Crippen LogP contribution in [0.2, 0.25) is 0 Å². The van der Waals surface area contributed by atoms with E-state index in [1.165, 1.54) is 0 Å². The molecule has 86 valence electrons. The Morgan fingerprint density at radius 3 is 2.80 bits per heavy atom. The average Bonchev–Trinajstić information content (AvgIpc) is 2.63. The zero-order chi connectivity index (χ0) is 10.7. The fourth-order valence-electron chi connectivity index (χ4n) is 2.83. The second-order valence-corrected chi connectivity index (χ2v) is 4.55. The molecule has 2 saturated heterocycles. The summed E-state index contributed by atoms with van der Waals surface area (Å²) in [6, 6.07) is 0. The molecule has 0 bridgehead atoms. The molecule has 4 heteroatoms. The van der Waals surface area contributed by atoms with Gasteiger partial charge in [0.15, 0.2) is 0 Å². The van der Waals surface area contributed by atoms with Crippen molar-refractivity contribution < 1.29 is 9.53 Å². The lowest BCUT2D eigenvalue weighted by Crippen LogP contribution is -2.44. The average molecular weight is 212 g/mol. The highest BCUT2D eigenvalue weighted by Gasteiger charge is 2.47. The Morgan fingerprint density at radius 1 is 1.40 bits per heavy atom. The van der Waals surface area contributed by atoms with E-state index >= 15 is 0 Å². The largest absolute Gasteiger partial charge is 0.466 e. The van der Waals surface area contributed by atoms with Crippen molar-refractivity contribution in [1.29, 1.82) is 0 Å². The van der Waals surface area contributed by atoms with Crippen LogP contribution in [-0.4, -0.2) is 38.8 Å². The minimum absolute atomic E-state index is 0.00981. The maximum Gasteiger partial charge on any atom is 0.310 e. The number of piperidine rings is 1. The van der Waals surface area contributed by atoms with Gasteiger partial charge in [-0.1, -0.05) is 0 Å². The van der Waals surface area contributed by atoms with E-state index in [2.05, 4.69) is 10.6 Å². The monoisotopic (exact) mass is 212 g/mol. The van der Waals surface area contributed by atoms with Crippen LogP contribution in [0.1, 0.15) is 19.8 Å². The summed E-state index contributed by atoms with van der Waals surface area (Å²) in [4.78, 5) is 11.8. The van der Waals surface area contributed by atoms with Crippen LogP contribution < -0.4 is 10.6 Å². The van der Waals surface area contributed by atoms with Gasteiger partial charge >= 0.3 is 5.97 Å². The van der Waals surface area contributed by atoms with E-state index in [0.717, 1.165) is 39.0 Å². The van der Waals surface area contributed by atoms with Gasteiger partial charge in [-0.3, -0.25) is 4.79 Å². The molecule has 0 aromatic carbocycles. The molecule has 2 heterocycles. The van der Waals surface area contributed by atoms with Gasteiger partial charge in [0.05, 0.1) is 12.5 Å². The summed E-state index contributed by atoms with van der Waals surface area (Å²) in [6.07, 6.45) is 2.17. The third-order valence-electron chi connectivity index (χ3n) is 3.74. The molecule has 0 aromatic heterocycles. The van der Waals surface area contributed by atoms with E-state index in [0.29, 0.717) is 6.61 Å². The fourth-order valence-corrected chi connectivity index (χ4v) is 2.83. The summed E-state index contributed by atoms with van der Waals surface area (Å²) < 4.78 is 5.15. The summed E-state index contributed by atoms with van der Waals surface area (Å²) in [5.41, 5.74) is 0.164. The van der Waals surface area contributed by atoms with Crippen LogP contribution in [0.4, 0.5) is 0 Å². The second kappa shape index (κ2) is 4.49. The van der Waals surface area contributed by atoms with Crippen molar-refractivity contribution in [2.75, 3.05) is 32.8 Å². The van der Waals surface area contributed by atoms with Gasteiger partial charge in [-0.15, -0.1) is 0 Å². The molecular formula is C11H20N2O2. The van der Waals surface area contributed by atoms with E-state index < -0.39 is 0 Å². The Bertz CT molecular complexity index is 237. The number of hydrogen-bond donors (Lipinski definition) is 2. The molecule has 0 aliphatic carbocycles. The maximum atomic E-state index is 11.8. The predicted octanol–water partition coefficient (Wildman–Crippen LogP) is 0.139. The van der Waals surface area contributed by atoms with Crippen molar-refractivity contribution in [3.8, 4) is 0 Å². The number of ether oxygens (including phenoxy) is 1. The van der Waals surface area contributed by atoms with Gasteiger partial charge in [-0.05, 0) is 38.3 Å². The number of carbonyl (C=O) groups is 1. The third-order valence-corrected chi connectivity index (χ3v) is 3.74. The minimum Gasteiger partial charge on any atom is -0.466 e. The number of esters is 1. The van der Waals surface area contributed by atoms with Crippen LogP contribution in [0.15, 0.2) is 0 Å². The molecule has 0 amide bonds. The van der Waals surface area contributed by atoms with Crippen molar-refractivity contribution in [3.63, 3.8) is 0 Å². The van der Waals surface area contributed by atoms with E-state index in [-0.39, 0.29) is 17.3 Å². The molecule has 2 rings (SSSR count). The molecule has 4 nitrogen and oxygen atoms in total. The van der Waals surface area contributed by atoms with Crippen molar-refractivity contribution >= 4 is 5.97 Å². The topological polar surface area (TPSA) is 50.4 Å². The molecule has 1 unspecified atom stereocenters. The molecule has 0 saturated carbocycles. The minimum atomic E-state index is -0.00981. The van der Waals surface area contributed by atoms with Gasteiger partial charge in [-0.25, -0.2) is 0 Å². The van der Waals surface area contributed by atoms with Crippen LogP contribution >= 0.6 is 0 Å². The first-order valence-electron chi connectivity index (χ1n) is 5.86. The van der Waals surface area contributed by atoms with Gasteiger partial charge in [-0.2, -0.15) is 0 Å². The Kier molecular flexibility index (Phi) is 3.26. The third kappa shape index (κ3) is 2.01. The smallest absolute Gasteiger partial charge is 0.310 e. The summed E-state index contributed by atoms with van der Waals surface area (Å²) in [5.74, 6) is 0.0592. The summed E-state index contributed by atoms with van der Waals surface area (Å²) in [6.45, 7) is 6.17. The molecule has 1 spiro atoms. The Hall–Kier alpha value is -0.610. The highest BCUT2D eigenvalue weighted by molar-refractivity contribution is 5.74. The first kappa shape index (κ1) is 10.9. The number of nitrogens with one attached hydrogen (secondary N) is 2. The molecule has 2 aliphatic rings. The van der Waals surface area contributed by atoms with Gasteiger partial charge in [0.25, 0.3) is 0 Å². The molecule has 15 heavy (non-hydrogen) atoms. The first-order chi connectivity index (χ1) is 7.28. The fraction of sp³-hybridized carbons (Fsp3) is 0.909. The lowest BCUT2D eigenvalue weighted by Gasteiger charge is -2.37. The number of rotatable bonds is 2. The van der Waals surface area contributed by atoms with Crippen LogP contribution in [0.5, 0.6) is 0 Å². The predicted molar refractivity (Wildman–Crippen MR) is 57.5 cm³/mol. The standard InChI is InChI=1S/C11H20N2O2/c1-2-15-10(14)9-7-13-8-11(9)3-5-12-6-4-11/h9,12-13H,2-8H2,1H3. The molecule has 2 fully saturated rings. The molecular weight excluding hydrogens is 192 g/mol. The molecule has 0 aromatic rings. The quantitative estimate of drug-likeness (QED) is 0.639. The SMILES string of the molecule is CCOC(=O)C1CNCC12CCNCC2. The number of carbonyl (C=O) groups excluding carboxylic acids is 1. The lowest BCUT2D eigenvalue weighted by molar-refractivity contribution is -0.151. The first-order valence-corrected chi connectivity index (χ1v) is 5.86. The van der Waals surface area contributed by atoms with E-state index in [1.807, 2.05) is 6.92 Å². The van der Waals surface area contributed by atoms with Crippen molar-refractivity contribution in [2.45, 2.75) is 19.8 Å².